The number of hydrogen-bond donors (Lipinski definition) is 0. The first kappa shape index (κ1) is 13.0. The van der Waals surface area contributed by atoms with Crippen LogP contribution in [0.3, 0.4) is 0 Å². The van der Waals surface area contributed by atoms with Gasteiger partial charge >= 0.3 is 0 Å². The van der Waals surface area contributed by atoms with Gasteiger partial charge in [0.05, 0.1) is 0 Å². The van der Waals surface area contributed by atoms with Crippen LogP contribution in [-0.2, 0) is 17.6 Å². The number of benzene rings is 1. The molecular weight excluding hydrogens is 196 g/mol. The van der Waals surface area contributed by atoms with Crippen LogP contribution in [0.2, 0.25) is 0 Å². The molecule has 88 valence electrons. The maximum atomic E-state index is 11.6. The summed E-state index contributed by atoms with van der Waals surface area (Å²) in [6.45, 7) is 8.35. The molecule has 0 aromatic heterocycles. The van der Waals surface area contributed by atoms with E-state index in [-0.39, 0.29) is 5.92 Å². The Morgan fingerprint density at radius 2 is 1.75 bits per heavy atom. The Balaban J connectivity index is 2.71. The van der Waals surface area contributed by atoms with E-state index < -0.39 is 0 Å². The van der Waals surface area contributed by atoms with Crippen molar-refractivity contribution in [3.8, 4) is 0 Å². The minimum absolute atomic E-state index is 0.133. The summed E-state index contributed by atoms with van der Waals surface area (Å²) in [7, 11) is 0. The molecule has 1 nitrogen and oxygen atoms in total. The molecule has 0 bridgehead atoms. The zero-order chi connectivity index (χ0) is 12.1. The SMILES string of the molecule is CC(C)Cc1cccc(CC(=O)C(C)C)c1. The average molecular weight is 218 g/mol. The lowest BCUT2D eigenvalue weighted by atomic mass is 9.97. The monoisotopic (exact) mass is 218 g/mol. The van der Waals surface area contributed by atoms with Crippen LogP contribution in [0.5, 0.6) is 0 Å². The summed E-state index contributed by atoms with van der Waals surface area (Å²) in [4.78, 5) is 11.6. The molecule has 0 heterocycles. The van der Waals surface area contributed by atoms with Crippen LogP contribution in [0.1, 0.15) is 38.8 Å². The Bertz CT molecular complexity index is 350. The Labute approximate surface area is 98.9 Å². The molecule has 0 aliphatic carbocycles. The molecule has 16 heavy (non-hydrogen) atoms. The van der Waals surface area contributed by atoms with E-state index in [4.69, 9.17) is 0 Å². The molecule has 0 amide bonds. The van der Waals surface area contributed by atoms with E-state index in [9.17, 15) is 4.79 Å². The lowest BCUT2D eigenvalue weighted by Crippen LogP contribution is -2.10. The third-order valence-electron chi connectivity index (χ3n) is 2.66. The van der Waals surface area contributed by atoms with Crippen LogP contribution in [0, 0.1) is 11.8 Å². The third kappa shape index (κ3) is 4.18. The summed E-state index contributed by atoms with van der Waals surface area (Å²) < 4.78 is 0. The molecule has 0 saturated heterocycles. The molecule has 0 fully saturated rings. The molecule has 1 rings (SSSR count). The van der Waals surface area contributed by atoms with Gasteiger partial charge in [-0.15, -0.1) is 0 Å². The van der Waals surface area contributed by atoms with Crippen molar-refractivity contribution < 1.29 is 4.79 Å². The van der Waals surface area contributed by atoms with Crippen molar-refractivity contribution in [3.05, 3.63) is 35.4 Å². The summed E-state index contributed by atoms with van der Waals surface area (Å²) in [6.07, 6.45) is 1.66. The molecule has 0 radical (unpaired) electrons. The van der Waals surface area contributed by atoms with Gasteiger partial charge in [0, 0.05) is 12.3 Å². The van der Waals surface area contributed by atoms with Crippen molar-refractivity contribution in [1.29, 1.82) is 0 Å². The van der Waals surface area contributed by atoms with Gasteiger partial charge in [0.2, 0.25) is 0 Å². The fourth-order valence-corrected chi connectivity index (χ4v) is 1.74. The van der Waals surface area contributed by atoms with E-state index in [2.05, 4.69) is 32.0 Å². The van der Waals surface area contributed by atoms with Gasteiger partial charge < -0.3 is 0 Å². The molecule has 0 aliphatic rings. The number of carbonyl (C=O) groups is 1. The van der Waals surface area contributed by atoms with E-state index in [0.717, 1.165) is 12.0 Å². The highest BCUT2D eigenvalue weighted by Crippen LogP contribution is 2.12. The van der Waals surface area contributed by atoms with Gasteiger partial charge in [0.25, 0.3) is 0 Å². The molecule has 1 aromatic carbocycles. The lowest BCUT2D eigenvalue weighted by Gasteiger charge is -2.08. The van der Waals surface area contributed by atoms with Gasteiger partial charge in [-0.3, -0.25) is 4.79 Å². The van der Waals surface area contributed by atoms with Gasteiger partial charge in [-0.2, -0.15) is 0 Å². The van der Waals surface area contributed by atoms with E-state index >= 15 is 0 Å². The minimum atomic E-state index is 0.133. The Morgan fingerprint density at radius 1 is 1.12 bits per heavy atom. The van der Waals surface area contributed by atoms with E-state index in [0.29, 0.717) is 18.1 Å². The molecule has 1 heteroatoms. The maximum absolute atomic E-state index is 11.6. The minimum Gasteiger partial charge on any atom is -0.299 e. The second-order valence-corrected chi connectivity index (χ2v) is 5.22. The summed E-state index contributed by atoms with van der Waals surface area (Å²) in [6, 6.07) is 8.41. The number of ketones is 1. The van der Waals surface area contributed by atoms with Crippen LogP contribution in [0.15, 0.2) is 24.3 Å². The Morgan fingerprint density at radius 3 is 2.31 bits per heavy atom. The smallest absolute Gasteiger partial charge is 0.139 e. The van der Waals surface area contributed by atoms with Gasteiger partial charge in [-0.1, -0.05) is 52.0 Å². The zero-order valence-corrected chi connectivity index (χ0v) is 10.8. The molecule has 0 atom stereocenters. The number of Topliss-reactive ketones (excluding diaryl/α,β-unsaturated/α-hetero) is 1. The molecular formula is C15H22O. The Hall–Kier alpha value is -1.11. The van der Waals surface area contributed by atoms with Gasteiger partial charge in [0.1, 0.15) is 5.78 Å². The predicted octanol–water partition coefficient (Wildman–Crippen LogP) is 3.65. The maximum Gasteiger partial charge on any atom is 0.139 e. The second-order valence-electron chi connectivity index (χ2n) is 5.22. The number of rotatable bonds is 5. The summed E-state index contributed by atoms with van der Waals surface area (Å²) in [5.74, 6) is 1.12. The van der Waals surface area contributed by atoms with Crippen molar-refractivity contribution in [2.45, 2.75) is 40.5 Å². The highest BCUT2D eigenvalue weighted by Gasteiger charge is 2.08. The summed E-state index contributed by atoms with van der Waals surface area (Å²) in [5.41, 5.74) is 2.49. The van der Waals surface area contributed by atoms with Crippen LogP contribution in [-0.4, -0.2) is 5.78 Å². The number of hydrogen-bond acceptors (Lipinski definition) is 1. The molecule has 0 aliphatic heterocycles. The third-order valence-corrected chi connectivity index (χ3v) is 2.66. The largest absolute Gasteiger partial charge is 0.299 e. The van der Waals surface area contributed by atoms with Gasteiger partial charge in [-0.05, 0) is 23.5 Å². The van der Waals surface area contributed by atoms with Crippen LogP contribution >= 0.6 is 0 Å². The second kappa shape index (κ2) is 5.83. The highest BCUT2D eigenvalue weighted by molar-refractivity contribution is 5.82. The van der Waals surface area contributed by atoms with E-state index in [1.807, 2.05) is 19.9 Å². The predicted molar refractivity (Wildman–Crippen MR) is 68.5 cm³/mol. The van der Waals surface area contributed by atoms with Gasteiger partial charge in [0.15, 0.2) is 0 Å². The van der Waals surface area contributed by atoms with Crippen molar-refractivity contribution in [1.82, 2.24) is 0 Å². The van der Waals surface area contributed by atoms with Crippen molar-refractivity contribution in [2.24, 2.45) is 11.8 Å². The fourth-order valence-electron chi connectivity index (χ4n) is 1.74. The average Bonchev–Trinajstić information content (AvgIpc) is 2.16. The number of carbonyl (C=O) groups excluding carboxylic acids is 1. The van der Waals surface area contributed by atoms with E-state index in [1.54, 1.807) is 0 Å². The fraction of sp³-hybridized carbons (Fsp3) is 0.533. The Kier molecular flexibility index (Phi) is 4.72. The first-order valence-corrected chi connectivity index (χ1v) is 6.09. The van der Waals surface area contributed by atoms with Crippen molar-refractivity contribution >= 4 is 5.78 Å². The molecule has 0 unspecified atom stereocenters. The van der Waals surface area contributed by atoms with Crippen LogP contribution in [0.4, 0.5) is 0 Å². The van der Waals surface area contributed by atoms with Crippen molar-refractivity contribution in [3.63, 3.8) is 0 Å². The lowest BCUT2D eigenvalue weighted by molar-refractivity contribution is -0.121. The van der Waals surface area contributed by atoms with Gasteiger partial charge in [-0.25, -0.2) is 0 Å². The highest BCUT2D eigenvalue weighted by atomic mass is 16.1. The first-order chi connectivity index (χ1) is 7.49. The zero-order valence-electron chi connectivity index (χ0n) is 10.8. The summed E-state index contributed by atoms with van der Waals surface area (Å²) in [5, 5.41) is 0. The standard InChI is InChI=1S/C15H22O/c1-11(2)8-13-6-5-7-14(9-13)10-15(16)12(3)4/h5-7,9,11-12H,8,10H2,1-4H3. The molecule has 0 N–H and O–H groups in total. The van der Waals surface area contributed by atoms with E-state index in [1.165, 1.54) is 5.56 Å². The van der Waals surface area contributed by atoms with Crippen LogP contribution < -0.4 is 0 Å². The quantitative estimate of drug-likeness (QED) is 0.737. The summed E-state index contributed by atoms with van der Waals surface area (Å²) >= 11 is 0. The normalized spacial score (nSPS) is 11.1. The molecule has 0 spiro atoms. The van der Waals surface area contributed by atoms with Crippen LogP contribution in [0.25, 0.3) is 0 Å². The first-order valence-electron chi connectivity index (χ1n) is 6.09. The molecule has 1 aromatic rings. The van der Waals surface area contributed by atoms with Crippen molar-refractivity contribution in [2.75, 3.05) is 0 Å². The molecule has 0 saturated carbocycles. The topological polar surface area (TPSA) is 17.1 Å².